The molecule has 1 aliphatic heterocycles. The van der Waals surface area contributed by atoms with E-state index >= 15 is 0 Å². The van der Waals surface area contributed by atoms with E-state index in [1.54, 1.807) is 0 Å². The summed E-state index contributed by atoms with van der Waals surface area (Å²) in [5.74, 6) is 4.25. The summed E-state index contributed by atoms with van der Waals surface area (Å²) >= 11 is 0. The topological polar surface area (TPSA) is 74.3 Å². The largest absolute Gasteiger partial charge is 0.463 e. The van der Waals surface area contributed by atoms with Crippen LogP contribution >= 0.6 is 0 Å². The fourth-order valence-corrected chi connectivity index (χ4v) is 11.8. The third kappa shape index (κ3) is 27.1. The molecule has 0 aromatic carbocycles. The first kappa shape index (κ1) is 58.1. The van der Waals surface area contributed by atoms with Crippen LogP contribution in [0.4, 0.5) is 0 Å². The molecule has 0 spiro atoms. The van der Waals surface area contributed by atoms with Gasteiger partial charge in [-0.2, -0.15) is 0 Å². The van der Waals surface area contributed by atoms with Crippen molar-refractivity contribution in [3.63, 3.8) is 0 Å². The van der Waals surface area contributed by atoms with Crippen molar-refractivity contribution in [3.05, 3.63) is 12.2 Å². The van der Waals surface area contributed by atoms with Crippen LogP contribution in [0.5, 0.6) is 0 Å². The second-order valence-corrected chi connectivity index (χ2v) is 22.6. The lowest BCUT2D eigenvalue weighted by Crippen LogP contribution is -2.36. The Balaban J connectivity index is 1.09. The Bertz CT molecular complexity index is 1250. The van der Waals surface area contributed by atoms with Gasteiger partial charge in [0.25, 0.3) is 0 Å². The van der Waals surface area contributed by atoms with Crippen LogP contribution in [0.15, 0.2) is 12.2 Å². The fraction of sp³-hybridized carbons (Fsp3) is 0.933. The van der Waals surface area contributed by atoms with E-state index in [0.717, 1.165) is 94.7 Å². The molecule has 0 radical (unpaired) electrons. The van der Waals surface area contributed by atoms with Gasteiger partial charge in [0.2, 0.25) is 0 Å². The van der Waals surface area contributed by atoms with Crippen LogP contribution < -0.4 is 0 Å². The van der Waals surface area contributed by atoms with Crippen LogP contribution in [0.2, 0.25) is 0 Å². The molecule has 1 saturated heterocycles. The minimum absolute atomic E-state index is 0.00902. The molecular formula is C60H109NO6. The molecule has 0 aromatic rings. The summed E-state index contributed by atoms with van der Waals surface area (Å²) < 4.78 is 24.8. The first-order chi connectivity index (χ1) is 32.9. The van der Waals surface area contributed by atoms with Gasteiger partial charge in [-0.3, -0.25) is 9.59 Å². The number of ether oxygens (including phenoxy) is 4. The van der Waals surface area contributed by atoms with E-state index < -0.39 is 0 Å². The van der Waals surface area contributed by atoms with Gasteiger partial charge >= 0.3 is 11.9 Å². The van der Waals surface area contributed by atoms with Crippen LogP contribution in [-0.2, 0) is 28.5 Å². The molecule has 390 valence electrons. The molecule has 1 heterocycles. The zero-order valence-corrected chi connectivity index (χ0v) is 44.7. The number of carbonyl (C=O) groups excluding carboxylic acids is 2. The predicted octanol–water partition coefficient (Wildman–Crippen LogP) is 16.2. The maximum Gasteiger partial charge on any atom is 0.309 e. The lowest BCUT2D eigenvalue weighted by molar-refractivity contribution is -0.158. The van der Waals surface area contributed by atoms with Crippen molar-refractivity contribution in [2.75, 3.05) is 46.6 Å². The summed E-state index contributed by atoms with van der Waals surface area (Å²) in [5, 5.41) is 0. The van der Waals surface area contributed by atoms with E-state index in [1.807, 2.05) is 0 Å². The minimum Gasteiger partial charge on any atom is -0.463 e. The Labute approximate surface area is 414 Å². The number of hydrogen-bond donors (Lipinski definition) is 0. The van der Waals surface area contributed by atoms with Gasteiger partial charge in [-0.1, -0.05) is 200 Å². The van der Waals surface area contributed by atoms with Crippen molar-refractivity contribution in [3.8, 4) is 0 Å². The van der Waals surface area contributed by atoms with Crippen LogP contribution in [0, 0.1) is 41.4 Å². The highest BCUT2D eigenvalue weighted by atomic mass is 16.6. The molecule has 3 aliphatic carbocycles. The Hall–Kier alpha value is -1.44. The molecule has 4 aliphatic rings. The van der Waals surface area contributed by atoms with Gasteiger partial charge < -0.3 is 23.8 Å². The number of nitrogens with zero attached hydrogens (tertiary/aromatic N) is 1. The number of rotatable bonds is 44. The fourth-order valence-electron chi connectivity index (χ4n) is 11.8. The first-order valence-electron chi connectivity index (χ1n) is 29.8. The van der Waals surface area contributed by atoms with Crippen LogP contribution in [0.1, 0.15) is 258 Å². The molecule has 4 fully saturated rings. The predicted molar refractivity (Wildman–Crippen MR) is 280 cm³/mol. The molecule has 0 aromatic heterocycles. The molecular weight excluding hydrogens is 831 g/mol. The van der Waals surface area contributed by atoms with Gasteiger partial charge in [0, 0.05) is 25.6 Å². The van der Waals surface area contributed by atoms with Crippen molar-refractivity contribution in [1.82, 2.24) is 4.90 Å². The highest BCUT2D eigenvalue weighted by Gasteiger charge is 2.40. The maximum atomic E-state index is 13.5. The molecule has 67 heavy (non-hydrogen) atoms. The van der Waals surface area contributed by atoms with E-state index in [9.17, 15) is 9.59 Å². The molecule has 8 atom stereocenters. The van der Waals surface area contributed by atoms with E-state index in [0.29, 0.717) is 19.6 Å². The lowest BCUT2D eigenvalue weighted by Gasteiger charge is -2.30. The SMILES string of the molecule is CC/C=C\CC1C(CC(=O)OCC(COCCCCCCCCC2CC2CCCCCCCC)OCCCCCCCCC2CC2CCCCCCCC)CCC1OC(=O)C1CCN(C)CC1. The molecule has 3 saturated carbocycles. The number of unbranched alkanes of at least 4 members (excludes halogenated alkanes) is 20. The van der Waals surface area contributed by atoms with Crippen molar-refractivity contribution in [2.24, 2.45) is 41.4 Å². The normalized spacial score (nSPS) is 24.7. The Morgan fingerprint density at radius 2 is 1.04 bits per heavy atom. The second-order valence-electron chi connectivity index (χ2n) is 22.6. The van der Waals surface area contributed by atoms with Gasteiger partial charge in [-0.15, -0.1) is 0 Å². The second kappa shape index (κ2) is 37.4. The highest BCUT2D eigenvalue weighted by molar-refractivity contribution is 5.73. The summed E-state index contributed by atoms with van der Waals surface area (Å²) in [5.41, 5.74) is 0. The van der Waals surface area contributed by atoms with Gasteiger partial charge in [0.1, 0.15) is 18.8 Å². The molecule has 4 rings (SSSR count). The first-order valence-corrected chi connectivity index (χ1v) is 29.8. The Morgan fingerprint density at radius 1 is 0.552 bits per heavy atom. The number of esters is 2. The third-order valence-corrected chi connectivity index (χ3v) is 16.6. The zero-order chi connectivity index (χ0) is 47.6. The van der Waals surface area contributed by atoms with Crippen molar-refractivity contribution < 1.29 is 28.5 Å². The molecule has 0 N–H and O–H groups in total. The monoisotopic (exact) mass is 940 g/mol. The van der Waals surface area contributed by atoms with Gasteiger partial charge in [-0.25, -0.2) is 0 Å². The Kier molecular flexibility index (Phi) is 32.4. The number of likely N-dealkylation sites (tertiary alicyclic amines) is 1. The standard InChI is InChI=1S/C60H109NO6/c1-5-8-11-13-19-26-32-51-45-53(51)34-28-21-15-17-23-30-43-64-48-56(65-44-31-24-18-16-22-29-35-54-46-52(54)33-27-20-14-12-9-6-2)49-66-59(62)47-55-37-38-58(57(55)36-25-10-7-3)67-60(63)50-39-41-61(4)42-40-50/h10,25,50-58H,5-9,11-24,26-49H2,1-4H3/b25-10-. The Morgan fingerprint density at radius 3 is 1.57 bits per heavy atom. The smallest absolute Gasteiger partial charge is 0.309 e. The zero-order valence-electron chi connectivity index (χ0n) is 44.7. The number of carbonyl (C=O) groups is 2. The molecule has 7 nitrogen and oxygen atoms in total. The molecule has 7 heteroatoms. The van der Waals surface area contributed by atoms with E-state index in [1.165, 1.54) is 180 Å². The summed E-state index contributed by atoms with van der Waals surface area (Å²) in [6.07, 6.45) is 50.9. The maximum absolute atomic E-state index is 13.5. The third-order valence-electron chi connectivity index (χ3n) is 16.6. The van der Waals surface area contributed by atoms with Gasteiger partial charge in [0.15, 0.2) is 0 Å². The van der Waals surface area contributed by atoms with Gasteiger partial charge in [0.05, 0.1) is 12.5 Å². The average molecular weight is 941 g/mol. The van der Waals surface area contributed by atoms with Crippen LogP contribution in [0.3, 0.4) is 0 Å². The van der Waals surface area contributed by atoms with Gasteiger partial charge in [-0.05, 0) is 114 Å². The minimum atomic E-state index is -0.241. The number of hydrogen-bond acceptors (Lipinski definition) is 7. The molecule has 8 unspecified atom stereocenters. The summed E-state index contributed by atoms with van der Waals surface area (Å²) in [6.45, 7) is 10.8. The van der Waals surface area contributed by atoms with Crippen molar-refractivity contribution >= 4 is 11.9 Å². The number of allylic oxidation sites excluding steroid dienone is 2. The number of piperidine rings is 1. The van der Waals surface area contributed by atoms with Crippen LogP contribution in [0.25, 0.3) is 0 Å². The summed E-state index contributed by atoms with van der Waals surface area (Å²) in [7, 11) is 2.12. The quantitative estimate of drug-likeness (QED) is 0.0342. The summed E-state index contributed by atoms with van der Waals surface area (Å²) in [4.78, 5) is 29.0. The van der Waals surface area contributed by atoms with E-state index in [4.69, 9.17) is 18.9 Å². The molecule has 0 bridgehead atoms. The highest BCUT2D eigenvalue weighted by Crippen LogP contribution is 2.47. The average Bonchev–Trinajstić information content (AvgIpc) is 4.24. The summed E-state index contributed by atoms with van der Waals surface area (Å²) in [6, 6.07) is 0. The van der Waals surface area contributed by atoms with Crippen LogP contribution in [-0.4, -0.2) is 75.6 Å². The van der Waals surface area contributed by atoms with E-state index in [-0.39, 0.29) is 48.5 Å². The molecule has 0 amide bonds. The van der Waals surface area contributed by atoms with Crippen molar-refractivity contribution in [2.45, 2.75) is 271 Å². The van der Waals surface area contributed by atoms with E-state index in [2.05, 4.69) is 44.9 Å². The van der Waals surface area contributed by atoms with Crippen molar-refractivity contribution in [1.29, 1.82) is 0 Å². The lowest BCUT2D eigenvalue weighted by atomic mass is 9.88.